The Bertz CT molecular complexity index is 1020. The van der Waals surface area contributed by atoms with E-state index >= 15 is 0 Å². The van der Waals surface area contributed by atoms with E-state index in [-0.39, 0.29) is 47.1 Å². The molecule has 0 fully saturated rings. The van der Waals surface area contributed by atoms with Gasteiger partial charge in [0, 0.05) is 0 Å². The number of nitrogens with zero attached hydrogens (tertiary/aromatic N) is 3. The SMILES string of the molecule is C[CH2][Po][CH](Nc1ncnc2sc(-c3ccc4[nH]ncc4c3)cc12)[Po][CH2]C. The molecule has 0 unspecified atom stereocenters. The van der Waals surface area contributed by atoms with Crippen molar-refractivity contribution >= 4 is 85.4 Å². The average Bonchev–Trinajstić information content (AvgIpc) is 3.28. The van der Waals surface area contributed by atoms with E-state index in [0.717, 1.165) is 28.3 Å². The van der Waals surface area contributed by atoms with Crippen LogP contribution < -0.4 is 5.32 Å². The van der Waals surface area contributed by atoms with E-state index in [9.17, 15) is 0 Å². The van der Waals surface area contributed by atoms with Gasteiger partial charge in [-0.05, 0) is 0 Å². The van der Waals surface area contributed by atoms with E-state index in [1.165, 1.54) is 18.6 Å². The zero-order valence-corrected chi connectivity index (χ0v) is 21.7. The summed E-state index contributed by atoms with van der Waals surface area (Å²) in [5, 5.41) is 13.2. The maximum absolute atomic E-state index is 4.58. The molecule has 0 radical (unpaired) electrons. The monoisotopic (exact) mass is 755 g/mol. The number of aromatic nitrogens is 4. The maximum atomic E-state index is 4.58. The Labute approximate surface area is 180 Å². The van der Waals surface area contributed by atoms with Crippen molar-refractivity contribution in [2.24, 2.45) is 0 Å². The molecule has 0 saturated heterocycles. The number of fused-ring (bicyclic) bond motifs is 2. The third-order valence-electron chi connectivity index (χ3n) is 3.94. The van der Waals surface area contributed by atoms with Crippen LogP contribution in [0.3, 0.4) is 0 Å². The summed E-state index contributed by atoms with van der Waals surface area (Å²) in [6.07, 6.45) is 3.57. The van der Waals surface area contributed by atoms with Crippen molar-refractivity contribution in [3.8, 4) is 10.4 Å². The molecular weight excluding hydrogens is 736 g/mol. The Kier molecular flexibility index (Phi) is 6.15. The summed E-state index contributed by atoms with van der Waals surface area (Å²) < 4.78 is 3.56. The minimum atomic E-state index is -0.308. The number of hydrogen-bond acceptors (Lipinski definition) is 5. The second kappa shape index (κ2) is 8.56. The quantitative estimate of drug-likeness (QED) is 0.297. The second-order valence-corrected chi connectivity index (χ2v) is 22.9. The van der Waals surface area contributed by atoms with Crippen LogP contribution in [0.25, 0.3) is 31.6 Å². The van der Waals surface area contributed by atoms with Gasteiger partial charge in [0.1, 0.15) is 0 Å². The molecule has 0 atom stereocenters. The molecule has 3 heterocycles. The summed E-state index contributed by atoms with van der Waals surface area (Å²) in [4.78, 5) is 11.4. The Morgan fingerprint density at radius 2 is 2.00 bits per heavy atom. The van der Waals surface area contributed by atoms with E-state index in [0.29, 0.717) is 0 Å². The van der Waals surface area contributed by atoms with Gasteiger partial charge >= 0.3 is 181 Å². The van der Waals surface area contributed by atoms with Gasteiger partial charge in [-0.25, -0.2) is 0 Å². The molecule has 1 aromatic carbocycles. The van der Waals surface area contributed by atoms with Crippen LogP contribution in [0.2, 0.25) is 8.16 Å². The van der Waals surface area contributed by atoms with Crippen LogP contribution in [0, 0.1) is 0 Å². The van der Waals surface area contributed by atoms with Crippen LogP contribution in [-0.2, 0) is 0 Å². The van der Waals surface area contributed by atoms with Crippen LogP contribution in [-0.4, -0.2) is 68.7 Å². The fourth-order valence-electron chi connectivity index (χ4n) is 2.75. The van der Waals surface area contributed by atoms with Crippen LogP contribution in [0.5, 0.6) is 0 Å². The molecule has 0 spiro atoms. The summed E-state index contributed by atoms with van der Waals surface area (Å²) >= 11 is 1.12. The number of rotatable bonds is 7. The van der Waals surface area contributed by atoms with Gasteiger partial charge in [-0.1, -0.05) is 0 Å². The molecule has 3 aromatic heterocycles. The standard InChI is InChI=1S/C14H9N5S.2C2H5.2Po/c1-15-13-10-5-12(20-14(10)17-7-16-13)8-2-3-11-9(4-8)6-18-19-11;2*1-2;;/h1-7H,(H,18,19)(H,15,16,17);2*1H2,2H3;;. The van der Waals surface area contributed by atoms with Crippen molar-refractivity contribution in [2.75, 3.05) is 5.32 Å². The molecular formula is C18H19N5Po2S. The molecule has 4 aromatic rings. The minimum absolute atomic E-state index is 0.308. The average molecular weight is 755 g/mol. The summed E-state index contributed by atoms with van der Waals surface area (Å²) in [7, 11) is 0. The molecule has 0 aliphatic heterocycles. The first-order chi connectivity index (χ1) is 12.8. The molecule has 8 heteroatoms. The first-order valence-electron chi connectivity index (χ1n) is 8.46. The van der Waals surface area contributed by atoms with Crippen molar-refractivity contribution in [3.05, 3.63) is 36.8 Å². The number of H-pyrrole nitrogens is 1. The van der Waals surface area contributed by atoms with Gasteiger partial charge in [-0.2, -0.15) is 0 Å². The fraction of sp³-hybridized carbons (Fsp3) is 0.278. The third kappa shape index (κ3) is 3.94. The number of anilines is 1. The van der Waals surface area contributed by atoms with Gasteiger partial charge < -0.3 is 0 Å². The van der Waals surface area contributed by atoms with E-state index in [4.69, 9.17) is 0 Å². The number of nitrogens with one attached hydrogen (secondary N) is 2. The summed E-state index contributed by atoms with van der Waals surface area (Å²) in [6, 6.07) is 8.66. The van der Waals surface area contributed by atoms with E-state index in [2.05, 4.69) is 63.6 Å². The topological polar surface area (TPSA) is 66.5 Å². The molecule has 26 heavy (non-hydrogen) atoms. The van der Waals surface area contributed by atoms with Gasteiger partial charge in [0.2, 0.25) is 0 Å². The van der Waals surface area contributed by atoms with Crippen molar-refractivity contribution in [1.82, 2.24) is 20.2 Å². The Hall–Kier alpha value is -0.678. The molecule has 4 rings (SSSR count). The Morgan fingerprint density at radius 1 is 1.15 bits per heavy atom. The first-order valence-corrected chi connectivity index (χ1v) is 17.4. The Balaban J connectivity index is 1.70. The third-order valence-corrected chi connectivity index (χ3v) is 20.2. The fourth-order valence-corrected chi connectivity index (χ4v) is 20.6. The van der Waals surface area contributed by atoms with Gasteiger partial charge in [-0.15, -0.1) is 0 Å². The van der Waals surface area contributed by atoms with Crippen molar-refractivity contribution in [3.63, 3.8) is 0 Å². The first kappa shape index (κ1) is 18.7. The van der Waals surface area contributed by atoms with Crippen molar-refractivity contribution in [1.29, 1.82) is 0 Å². The van der Waals surface area contributed by atoms with Gasteiger partial charge in [0.05, 0.1) is 0 Å². The zero-order chi connectivity index (χ0) is 17.9. The van der Waals surface area contributed by atoms with Gasteiger partial charge in [-0.3, -0.25) is 0 Å². The van der Waals surface area contributed by atoms with E-state index < -0.39 is 0 Å². The summed E-state index contributed by atoms with van der Waals surface area (Å²) in [5.41, 5.74) is 2.27. The molecule has 134 valence electrons. The molecule has 0 saturated carbocycles. The van der Waals surface area contributed by atoms with Crippen LogP contribution in [0.15, 0.2) is 36.8 Å². The second-order valence-electron chi connectivity index (χ2n) is 5.61. The number of hydrogen-bond donors (Lipinski definition) is 2. The van der Waals surface area contributed by atoms with Gasteiger partial charge in [0.15, 0.2) is 0 Å². The van der Waals surface area contributed by atoms with Crippen LogP contribution >= 0.6 is 11.3 Å². The number of aromatic amines is 1. The predicted octanol–water partition coefficient (Wildman–Crippen LogP) is 4.21. The van der Waals surface area contributed by atoms with Gasteiger partial charge in [0.25, 0.3) is 0 Å². The molecule has 2 N–H and O–H groups in total. The Morgan fingerprint density at radius 3 is 2.81 bits per heavy atom. The van der Waals surface area contributed by atoms with E-state index in [1.54, 1.807) is 17.7 Å². The molecule has 0 aliphatic rings. The molecule has 5 nitrogen and oxygen atoms in total. The normalized spacial score (nSPS) is 11.7. The predicted molar refractivity (Wildman–Crippen MR) is 112 cm³/mol. The number of benzene rings is 1. The van der Waals surface area contributed by atoms with Crippen molar-refractivity contribution < 1.29 is 0 Å². The molecule has 0 aliphatic carbocycles. The number of thiophene rings is 1. The van der Waals surface area contributed by atoms with E-state index in [1.807, 2.05) is 6.20 Å². The molecule has 0 bridgehead atoms. The van der Waals surface area contributed by atoms with Crippen molar-refractivity contribution in [2.45, 2.75) is 23.4 Å². The summed E-state index contributed by atoms with van der Waals surface area (Å²) in [5.74, 6) is 1.04. The zero-order valence-electron chi connectivity index (χ0n) is 14.5. The summed E-state index contributed by atoms with van der Waals surface area (Å²) in [6.45, 7) is 4.66. The van der Waals surface area contributed by atoms with Crippen LogP contribution in [0.1, 0.15) is 13.8 Å². The molecule has 0 amide bonds. The van der Waals surface area contributed by atoms with Crippen LogP contribution in [0.4, 0.5) is 5.82 Å².